The molecule has 0 heterocycles. The first-order valence-electron chi connectivity index (χ1n) is 23.2. The van der Waals surface area contributed by atoms with Gasteiger partial charge in [0.1, 0.15) is 6.23 Å². The smallest absolute Gasteiger partial charge is 0.102 e. The lowest BCUT2D eigenvalue weighted by molar-refractivity contribution is 0.133. The van der Waals surface area contributed by atoms with Gasteiger partial charge in [-0.25, -0.2) is 0 Å². The molecule has 0 saturated heterocycles. The summed E-state index contributed by atoms with van der Waals surface area (Å²) in [5.74, 6) is 0. The van der Waals surface area contributed by atoms with Gasteiger partial charge in [0.25, 0.3) is 0 Å². The largest absolute Gasteiger partial charge is 0.396 e. The van der Waals surface area contributed by atoms with Crippen LogP contribution in [0.2, 0.25) is 0 Å². The molecular formula is C45H120N8O11. The number of aliphatic hydroxyl groups is 11. The summed E-state index contributed by atoms with van der Waals surface area (Å²) < 4.78 is 0. The monoisotopic (exact) mass is 949 g/mol. The molecule has 20 N–H and O–H groups in total. The Balaban J connectivity index is -0.0000000544. The van der Waals surface area contributed by atoms with E-state index in [1.54, 1.807) is 69.2 Å². The molecule has 64 heavy (non-hydrogen) atoms. The van der Waals surface area contributed by atoms with Gasteiger partial charge in [0.15, 0.2) is 0 Å². The molecule has 0 fully saturated rings. The van der Waals surface area contributed by atoms with E-state index in [4.69, 9.17) is 79.1 Å². The summed E-state index contributed by atoms with van der Waals surface area (Å²) >= 11 is 0. The summed E-state index contributed by atoms with van der Waals surface area (Å²) in [6.07, 6.45) is 1.28. The normalized spacial score (nSPS) is 11.0. The first-order chi connectivity index (χ1) is 29.3. The van der Waals surface area contributed by atoms with Crippen molar-refractivity contribution in [2.45, 2.75) is 185 Å². The van der Waals surface area contributed by atoms with Gasteiger partial charge in [-0.1, -0.05) is 27.7 Å². The van der Waals surface area contributed by atoms with Crippen molar-refractivity contribution in [3.8, 4) is 0 Å². The van der Waals surface area contributed by atoms with Crippen LogP contribution >= 0.6 is 0 Å². The van der Waals surface area contributed by atoms with Crippen LogP contribution in [0, 0.1) is 0 Å². The molecule has 0 saturated carbocycles. The van der Waals surface area contributed by atoms with Gasteiger partial charge >= 0.3 is 0 Å². The molecule has 0 amide bonds. The third-order valence-electron chi connectivity index (χ3n) is 5.53. The summed E-state index contributed by atoms with van der Waals surface area (Å²) in [4.78, 5) is 6.55. The van der Waals surface area contributed by atoms with Crippen molar-refractivity contribution in [3.63, 3.8) is 0 Å². The molecule has 0 radical (unpaired) electrons. The van der Waals surface area contributed by atoms with Crippen LogP contribution < -0.4 is 28.3 Å². The zero-order valence-electron chi connectivity index (χ0n) is 45.3. The summed E-state index contributed by atoms with van der Waals surface area (Å²) in [7, 11) is 3.99. The minimum absolute atomic E-state index is 0.167. The molecule has 19 heteroatoms. The Hall–Kier alpha value is -0.760. The van der Waals surface area contributed by atoms with E-state index in [9.17, 15) is 0 Å². The molecule has 0 aliphatic heterocycles. The lowest BCUT2D eigenvalue weighted by Gasteiger charge is -2.18. The number of nitrogens with two attached hydrogens (primary N) is 4. The molecule has 0 aliphatic carbocycles. The fourth-order valence-corrected chi connectivity index (χ4v) is 2.70. The molecule has 0 spiro atoms. The highest BCUT2D eigenvalue weighted by Crippen LogP contribution is 1.92. The first kappa shape index (κ1) is 89.8. The molecule has 0 aliphatic rings. The van der Waals surface area contributed by atoms with Crippen molar-refractivity contribution in [1.29, 1.82) is 0 Å². The predicted molar refractivity (Wildman–Crippen MR) is 274 cm³/mol. The van der Waals surface area contributed by atoms with E-state index < -0.39 is 5.54 Å². The van der Waals surface area contributed by atoms with E-state index in [0.717, 1.165) is 65.1 Å². The molecule has 2 atom stereocenters. The topological polar surface area (TPSA) is 348 Å². The SMILES string of the molecule is CC(C)NC(C)O.CC(C)O.CC(C)O.CC(C)O.CC(C)O.CC(N)(CO)CO.CCN(CC)CC(C)O.CCN(CC)CCCO.CN(C)CCCO.NCCCO.NCCN. The molecule has 0 bridgehead atoms. The van der Waals surface area contributed by atoms with Crippen molar-refractivity contribution in [2.24, 2.45) is 22.9 Å². The highest BCUT2D eigenvalue weighted by molar-refractivity contribution is 4.74. The van der Waals surface area contributed by atoms with E-state index in [2.05, 4.69) is 47.7 Å². The average molecular weight is 949 g/mol. The highest BCUT2D eigenvalue weighted by atomic mass is 16.3. The standard InChI is InChI=1S/2C7H17NO.2C5H13NO.C4H11NO2.C3H9NO.4C3H8O.C2H8N2/c1-4-8(5-2)6-7(3)9;1-3-8(4-2)6-5-7-9;1-6(2)4-3-5-7;1-4(2)6-5(3)7;1-4(5,2-6)3-7;4-2-1-3-5;4*1-3(2)4;3-1-2-4/h7,9H,4-6H2,1-3H3;9H,3-7H2,1-2H3;7H,3-5H2,1-2H3;4-7H,1-3H3;6-7H,2-3,5H2,1H3;5H,1-4H2;4*3-4H,1-2H3;1-4H2. The van der Waals surface area contributed by atoms with E-state index in [0.29, 0.717) is 38.9 Å². The molecule has 0 rings (SSSR count). The van der Waals surface area contributed by atoms with Crippen LogP contribution in [0.5, 0.6) is 0 Å². The summed E-state index contributed by atoms with van der Waals surface area (Å²) in [6, 6.07) is 0.375. The fourth-order valence-electron chi connectivity index (χ4n) is 2.70. The molecule has 0 aromatic carbocycles. The van der Waals surface area contributed by atoms with E-state index in [1.165, 1.54) is 0 Å². The zero-order chi connectivity index (χ0) is 53.7. The second kappa shape index (κ2) is 79.3. The first-order valence-corrected chi connectivity index (χ1v) is 23.2. The van der Waals surface area contributed by atoms with Crippen molar-refractivity contribution in [1.82, 2.24) is 20.0 Å². The number of hydrogen-bond acceptors (Lipinski definition) is 19. The third-order valence-corrected chi connectivity index (χ3v) is 5.53. The van der Waals surface area contributed by atoms with Crippen LogP contribution in [0.25, 0.3) is 0 Å². The van der Waals surface area contributed by atoms with E-state index >= 15 is 0 Å². The van der Waals surface area contributed by atoms with Crippen molar-refractivity contribution in [3.05, 3.63) is 0 Å². The van der Waals surface area contributed by atoms with Crippen molar-refractivity contribution < 1.29 is 56.2 Å². The minimum atomic E-state index is -0.806. The molecule has 19 nitrogen and oxygen atoms in total. The predicted octanol–water partition coefficient (Wildman–Crippen LogP) is 0.141. The highest BCUT2D eigenvalue weighted by Gasteiger charge is 2.13. The number of nitrogens with one attached hydrogen (secondary N) is 1. The number of nitrogens with zero attached hydrogens (tertiary/aromatic N) is 3. The lowest BCUT2D eigenvalue weighted by Crippen LogP contribution is -2.43. The number of aliphatic hydroxyl groups excluding tert-OH is 11. The Kier molecular flexibility index (Phi) is 111. The number of likely N-dealkylation sites (N-methyl/N-ethyl adjacent to an activating group) is 1. The van der Waals surface area contributed by atoms with Crippen LogP contribution in [-0.4, -0.2) is 232 Å². The maximum absolute atomic E-state index is 8.94. The number of hydrogen-bond donors (Lipinski definition) is 16. The van der Waals surface area contributed by atoms with Gasteiger partial charge in [0, 0.05) is 76.5 Å². The van der Waals surface area contributed by atoms with Gasteiger partial charge in [-0.3, -0.25) is 5.32 Å². The summed E-state index contributed by atoms with van der Waals surface area (Å²) in [5, 5.41) is 94.0. The Morgan fingerprint density at radius 3 is 0.844 bits per heavy atom. The van der Waals surface area contributed by atoms with Gasteiger partial charge in [-0.15, -0.1) is 0 Å². The van der Waals surface area contributed by atoms with Crippen molar-refractivity contribution in [2.75, 3.05) is 113 Å². The van der Waals surface area contributed by atoms with Crippen LogP contribution in [0.4, 0.5) is 0 Å². The average Bonchev–Trinajstić information content (AvgIpc) is 3.16. The van der Waals surface area contributed by atoms with Gasteiger partial charge in [0.2, 0.25) is 0 Å². The maximum atomic E-state index is 8.94. The number of rotatable bonds is 19. The Morgan fingerprint density at radius 1 is 0.484 bits per heavy atom. The molecule has 0 aromatic rings. The molecular weight excluding hydrogens is 829 g/mol. The third kappa shape index (κ3) is 214. The van der Waals surface area contributed by atoms with Crippen LogP contribution in [0.3, 0.4) is 0 Å². The minimum Gasteiger partial charge on any atom is -0.396 e. The molecule has 2 unspecified atom stereocenters. The van der Waals surface area contributed by atoms with Gasteiger partial charge < -0.3 is 93.8 Å². The van der Waals surface area contributed by atoms with Gasteiger partial charge in [-0.2, -0.15) is 0 Å². The second-order valence-corrected chi connectivity index (χ2v) is 16.1. The second-order valence-electron chi connectivity index (χ2n) is 16.1. The quantitative estimate of drug-likeness (QED) is 0.0766. The Bertz CT molecular complexity index is 632. The summed E-state index contributed by atoms with van der Waals surface area (Å²) in [6.45, 7) is 40.7. The van der Waals surface area contributed by atoms with Crippen LogP contribution in [0.1, 0.15) is 137 Å². The Morgan fingerprint density at radius 2 is 0.766 bits per heavy atom. The van der Waals surface area contributed by atoms with Gasteiger partial charge in [0.05, 0.1) is 24.9 Å². The van der Waals surface area contributed by atoms with Crippen molar-refractivity contribution >= 4 is 0 Å². The van der Waals surface area contributed by atoms with Crippen LogP contribution in [-0.2, 0) is 0 Å². The lowest BCUT2D eigenvalue weighted by atomic mass is 10.1. The Labute approximate surface area is 396 Å². The fraction of sp³-hybridized carbons (Fsp3) is 1.00. The molecule has 406 valence electrons. The van der Waals surface area contributed by atoms with Crippen LogP contribution in [0.15, 0.2) is 0 Å². The van der Waals surface area contributed by atoms with E-state index in [1.807, 2.05) is 34.9 Å². The zero-order valence-corrected chi connectivity index (χ0v) is 45.3. The molecule has 0 aromatic heterocycles. The summed E-state index contributed by atoms with van der Waals surface area (Å²) in [5.41, 5.74) is 19.2. The van der Waals surface area contributed by atoms with Gasteiger partial charge in [-0.05, 0) is 163 Å². The maximum Gasteiger partial charge on any atom is 0.102 e. The van der Waals surface area contributed by atoms with E-state index in [-0.39, 0.29) is 56.6 Å².